The molecule has 0 aromatic carbocycles. The van der Waals surface area contributed by atoms with Crippen molar-refractivity contribution in [1.82, 2.24) is 4.98 Å². The third-order valence-electron chi connectivity index (χ3n) is 2.42. The minimum Gasteiger partial charge on any atom is -0.476 e. The molecule has 0 saturated heterocycles. The van der Waals surface area contributed by atoms with Crippen molar-refractivity contribution in [3.8, 4) is 11.9 Å². The van der Waals surface area contributed by atoms with Gasteiger partial charge in [-0.3, -0.25) is 0 Å². The van der Waals surface area contributed by atoms with Gasteiger partial charge in [-0.15, -0.1) is 0 Å². The Bertz CT molecular complexity index is 461. The molecule has 17 heavy (non-hydrogen) atoms. The van der Waals surface area contributed by atoms with Gasteiger partial charge in [0.2, 0.25) is 5.88 Å². The summed E-state index contributed by atoms with van der Waals surface area (Å²) < 4.78 is 42.4. The molecule has 0 N–H and O–H groups in total. The number of aromatic nitrogens is 1. The number of rotatable bonds is 3. The average Bonchev–Trinajstić information content (AvgIpc) is 3.08. The van der Waals surface area contributed by atoms with E-state index in [-0.39, 0.29) is 11.4 Å². The van der Waals surface area contributed by atoms with E-state index in [9.17, 15) is 13.2 Å². The molecule has 1 aliphatic carbocycles. The molecule has 1 aromatic heterocycles. The van der Waals surface area contributed by atoms with Crippen LogP contribution < -0.4 is 4.74 Å². The van der Waals surface area contributed by atoms with Crippen LogP contribution in [0.1, 0.15) is 24.1 Å². The first-order valence-electron chi connectivity index (χ1n) is 5.12. The van der Waals surface area contributed by atoms with Crippen molar-refractivity contribution in [2.45, 2.75) is 19.0 Å². The summed E-state index contributed by atoms with van der Waals surface area (Å²) in [6.07, 6.45) is -2.49. The van der Waals surface area contributed by atoms with Crippen LogP contribution in [0, 0.1) is 17.2 Å². The van der Waals surface area contributed by atoms with E-state index in [1.165, 1.54) is 0 Å². The van der Waals surface area contributed by atoms with Crippen LogP contribution in [0.25, 0.3) is 0 Å². The van der Waals surface area contributed by atoms with E-state index in [4.69, 9.17) is 10.00 Å². The fourth-order valence-electron chi connectivity index (χ4n) is 1.27. The first-order chi connectivity index (χ1) is 8.00. The van der Waals surface area contributed by atoms with E-state index in [1.54, 1.807) is 6.07 Å². The molecule has 0 atom stereocenters. The topological polar surface area (TPSA) is 45.9 Å². The smallest absolute Gasteiger partial charge is 0.433 e. The monoisotopic (exact) mass is 242 g/mol. The highest BCUT2D eigenvalue weighted by Crippen LogP contribution is 2.32. The van der Waals surface area contributed by atoms with Crippen LogP contribution in [0.2, 0.25) is 0 Å². The molecule has 6 heteroatoms. The zero-order valence-corrected chi connectivity index (χ0v) is 8.79. The Balaban J connectivity index is 2.22. The molecule has 1 fully saturated rings. The molecule has 1 heterocycles. The quantitative estimate of drug-likeness (QED) is 0.818. The van der Waals surface area contributed by atoms with Crippen LogP contribution in [0.15, 0.2) is 12.1 Å². The Morgan fingerprint density at radius 1 is 1.41 bits per heavy atom. The van der Waals surface area contributed by atoms with Gasteiger partial charge in [0.25, 0.3) is 0 Å². The van der Waals surface area contributed by atoms with E-state index in [2.05, 4.69) is 4.98 Å². The number of nitrogens with zero attached hydrogens (tertiary/aromatic N) is 2. The minimum absolute atomic E-state index is 0.0265. The van der Waals surface area contributed by atoms with Crippen molar-refractivity contribution >= 4 is 0 Å². The summed E-state index contributed by atoms with van der Waals surface area (Å²) in [5.41, 5.74) is -1.01. The Morgan fingerprint density at radius 2 is 2.12 bits per heavy atom. The molecule has 1 aromatic rings. The van der Waals surface area contributed by atoms with Crippen molar-refractivity contribution in [1.29, 1.82) is 5.26 Å². The normalized spacial score (nSPS) is 15.4. The van der Waals surface area contributed by atoms with Crippen LogP contribution in [0.3, 0.4) is 0 Å². The lowest BCUT2D eigenvalue weighted by molar-refractivity contribution is -0.141. The van der Waals surface area contributed by atoms with Gasteiger partial charge in [0.05, 0.1) is 6.61 Å². The van der Waals surface area contributed by atoms with Crippen LogP contribution in [-0.4, -0.2) is 11.6 Å². The number of hydrogen-bond donors (Lipinski definition) is 0. The van der Waals surface area contributed by atoms with Crippen molar-refractivity contribution in [3.63, 3.8) is 0 Å². The highest BCUT2D eigenvalue weighted by atomic mass is 19.4. The number of pyridine rings is 1. The highest BCUT2D eigenvalue weighted by molar-refractivity contribution is 5.39. The standard InChI is InChI=1S/C11H9F3N2O/c12-11(13,14)9-4-3-8(5-15)10(16-9)17-6-7-1-2-7/h3-4,7H,1-2,6H2. The predicted molar refractivity (Wildman–Crippen MR) is 52.2 cm³/mol. The summed E-state index contributed by atoms with van der Waals surface area (Å²) in [7, 11) is 0. The van der Waals surface area contributed by atoms with Gasteiger partial charge < -0.3 is 4.74 Å². The summed E-state index contributed by atoms with van der Waals surface area (Å²) in [6, 6.07) is 3.63. The van der Waals surface area contributed by atoms with Crippen LogP contribution in [0.4, 0.5) is 13.2 Å². The third kappa shape index (κ3) is 2.87. The van der Waals surface area contributed by atoms with Gasteiger partial charge in [0, 0.05) is 0 Å². The zero-order chi connectivity index (χ0) is 12.5. The van der Waals surface area contributed by atoms with Gasteiger partial charge in [-0.25, -0.2) is 4.98 Å². The van der Waals surface area contributed by atoms with Gasteiger partial charge >= 0.3 is 6.18 Å². The fraction of sp³-hybridized carbons (Fsp3) is 0.455. The van der Waals surface area contributed by atoms with Gasteiger partial charge in [-0.2, -0.15) is 18.4 Å². The number of nitriles is 1. The van der Waals surface area contributed by atoms with Crippen molar-refractivity contribution in [3.05, 3.63) is 23.4 Å². The number of hydrogen-bond acceptors (Lipinski definition) is 3. The fourth-order valence-corrected chi connectivity index (χ4v) is 1.27. The summed E-state index contributed by atoms with van der Waals surface area (Å²) in [6.45, 7) is 0.322. The molecular weight excluding hydrogens is 233 g/mol. The van der Waals surface area contributed by atoms with Crippen LogP contribution in [-0.2, 0) is 6.18 Å². The maximum Gasteiger partial charge on any atom is 0.433 e. The summed E-state index contributed by atoms with van der Waals surface area (Å²) >= 11 is 0. The van der Waals surface area contributed by atoms with E-state index in [0.717, 1.165) is 25.0 Å². The molecule has 0 bridgehead atoms. The molecule has 0 spiro atoms. The number of halogens is 3. The SMILES string of the molecule is N#Cc1ccc(C(F)(F)F)nc1OCC1CC1. The molecule has 0 amide bonds. The number of ether oxygens (including phenoxy) is 1. The van der Waals surface area contributed by atoms with Gasteiger partial charge in [-0.1, -0.05) is 0 Å². The second kappa shape index (κ2) is 4.24. The predicted octanol–water partition coefficient (Wildman–Crippen LogP) is 2.76. The Kier molecular flexibility index (Phi) is 2.92. The van der Waals surface area contributed by atoms with Gasteiger partial charge in [-0.05, 0) is 30.9 Å². The van der Waals surface area contributed by atoms with E-state index >= 15 is 0 Å². The summed E-state index contributed by atoms with van der Waals surface area (Å²) in [4.78, 5) is 3.34. The van der Waals surface area contributed by atoms with E-state index < -0.39 is 11.9 Å². The maximum atomic E-state index is 12.4. The maximum absolute atomic E-state index is 12.4. The molecule has 90 valence electrons. The summed E-state index contributed by atoms with van der Waals surface area (Å²) in [5, 5.41) is 8.74. The first kappa shape index (κ1) is 11.7. The third-order valence-corrected chi connectivity index (χ3v) is 2.42. The Morgan fingerprint density at radius 3 is 2.65 bits per heavy atom. The Hall–Kier alpha value is -1.77. The molecule has 3 nitrogen and oxygen atoms in total. The molecule has 0 radical (unpaired) electrons. The van der Waals surface area contributed by atoms with E-state index in [0.29, 0.717) is 12.5 Å². The first-order valence-corrected chi connectivity index (χ1v) is 5.12. The molecule has 0 unspecified atom stereocenters. The lowest BCUT2D eigenvalue weighted by Gasteiger charge is -2.10. The molecule has 2 rings (SSSR count). The van der Waals surface area contributed by atoms with Crippen molar-refractivity contribution in [2.75, 3.05) is 6.61 Å². The molecule has 1 saturated carbocycles. The van der Waals surface area contributed by atoms with Gasteiger partial charge in [0.1, 0.15) is 17.3 Å². The largest absolute Gasteiger partial charge is 0.476 e. The zero-order valence-electron chi connectivity index (χ0n) is 8.79. The lowest BCUT2D eigenvalue weighted by atomic mass is 10.2. The molecule has 1 aliphatic rings. The van der Waals surface area contributed by atoms with Crippen LogP contribution >= 0.6 is 0 Å². The second-order valence-electron chi connectivity index (χ2n) is 3.91. The van der Waals surface area contributed by atoms with Gasteiger partial charge in [0.15, 0.2) is 0 Å². The van der Waals surface area contributed by atoms with Crippen molar-refractivity contribution < 1.29 is 17.9 Å². The molecule has 0 aliphatic heterocycles. The molecular formula is C11H9F3N2O. The highest BCUT2D eigenvalue weighted by Gasteiger charge is 2.33. The lowest BCUT2D eigenvalue weighted by Crippen LogP contribution is -2.11. The average molecular weight is 242 g/mol. The second-order valence-corrected chi connectivity index (χ2v) is 3.91. The summed E-state index contributed by atoms with van der Waals surface area (Å²) in [5.74, 6) is 0.159. The Labute approximate surface area is 95.8 Å². The van der Waals surface area contributed by atoms with Crippen LogP contribution in [0.5, 0.6) is 5.88 Å². The minimum atomic E-state index is -4.52. The van der Waals surface area contributed by atoms with E-state index in [1.807, 2.05) is 0 Å². The van der Waals surface area contributed by atoms with Crippen molar-refractivity contribution in [2.24, 2.45) is 5.92 Å². The number of alkyl halides is 3.